The van der Waals surface area contributed by atoms with Crippen molar-refractivity contribution in [1.82, 2.24) is 0 Å². The van der Waals surface area contributed by atoms with E-state index in [0.717, 1.165) is 6.42 Å². The Kier molecular flexibility index (Phi) is 4.20. The average Bonchev–Trinajstić information content (AvgIpc) is 3.34. The summed E-state index contributed by atoms with van der Waals surface area (Å²) in [7, 11) is 0. The maximum atomic E-state index is 3.98. The fourth-order valence-corrected chi connectivity index (χ4v) is 7.67. The van der Waals surface area contributed by atoms with Crippen LogP contribution in [0.1, 0.15) is 49.8 Å². The Bertz CT molecular complexity index is 1350. The summed E-state index contributed by atoms with van der Waals surface area (Å²) in [6.45, 7) is 6.88. The second kappa shape index (κ2) is 6.73. The first-order valence-electron chi connectivity index (χ1n) is 10.6. The lowest BCUT2D eigenvalue weighted by Gasteiger charge is -2.16. The maximum Gasteiger partial charge on any atom is 0.0337 e. The van der Waals surface area contributed by atoms with Gasteiger partial charge in [0.05, 0.1) is 0 Å². The van der Waals surface area contributed by atoms with Crippen LogP contribution in [0.5, 0.6) is 0 Å². The van der Waals surface area contributed by atoms with Crippen LogP contribution in [0, 0.1) is 0 Å². The van der Waals surface area contributed by atoms with Gasteiger partial charge >= 0.3 is 0 Å². The van der Waals surface area contributed by atoms with Crippen LogP contribution in [0.2, 0.25) is 0 Å². The highest BCUT2D eigenvalue weighted by atomic mass is 79.9. The molecule has 3 aromatic carbocycles. The Morgan fingerprint density at radius 3 is 2.23 bits per heavy atom. The van der Waals surface area contributed by atoms with Crippen molar-refractivity contribution in [3.05, 3.63) is 91.8 Å². The van der Waals surface area contributed by atoms with Crippen LogP contribution in [0.25, 0.3) is 28.3 Å². The smallest absolute Gasteiger partial charge is 0.0337 e. The summed E-state index contributed by atoms with van der Waals surface area (Å²) in [5.41, 5.74) is 11.5. The van der Waals surface area contributed by atoms with Gasteiger partial charge in [0, 0.05) is 25.8 Å². The Morgan fingerprint density at radius 1 is 0.933 bits per heavy atom. The summed E-state index contributed by atoms with van der Waals surface area (Å²) in [6.07, 6.45) is 3.44. The van der Waals surface area contributed by atoms with Gasteiger partial charge in [0.25, 0.3) is 0 Å². The Hall–Kier alpha value is -2.03. The lowest BCUT2D eigenvalue weighted by atomic mass is 9.88. The van der Waals surface area contributed by atoms with Gasteiger partial charge < -0.3 is 0 Å². The monoisotopic (exact) mass is 470 g/mol. The molecular formula is C28H23BrS. The number of hydrogen-bond acceptors (Lipinski definition) is 1. The molecular weight excluding hydrogens is 448 g/mol. The van der Waals surface area contributed by atoms with Gasteiger partial charge in [-0.2, -0.15) is 0 Å². The Labute approximate surface area is 190 Å². The van der Waals surface area contributed by atoms with E-state index in [9.17, 15) is 0 Å². The highest BCUT2D eigenvalue weighted by Crippen LogP contribution is 2.48. The molecule has 3 aliphatic rings. The van der Waals surface area contributed by atoms with Gasteiger partial charge in [-0.15, -0.1) is 11.8 Å². The van der Waals surface area contributed by atoms with E-state index in [2.05, 4.69) is 97.4 Å². The topological polar surface area (TPSA) is 0 Å². The lowest BCUT2D eigenvalue weighted by molar-refractivity contribution is 0.863. The minimum absolute atomic E-state index is 0.425. The summed E-state index contributed by atoms with van der Waals surface area (Å²) in [6, 6.07) is 20.4. The van der Waals surface area contributed by atoms with E-state index in [0.29, 0.717) is 11.2 Å². The summed E-state index contributed by atoms with van der Waals surface area (Å²) < 4.78 is 1.28. The van der Waals surface area contributed by atoms with E-state index in [1.54, 1.807) is 0 Å². The van der Waals surface area contributed by atoms with Crippen LogP contribution in [-0.2, 0) is 0 Å². The number of benzene rings is 3. The first kappa shape index (κ1) is 18.7. The van der Waals surface area contributed by atoms with Gasteiger partial charge in [-0.3, -0.25) is 0 Å². The van der Waals surface area contributed by atoms with Crippen molar-refractivity contribution < 1.29 is 0 Å². The van der Waals surface area contributed by atoms with Gasteiger partial charge in [0.1, 0.15) is 0 Å². The molecule has 148 valence electrons. The maximum absolute atomic E-state index is 3.98. The largest absolute Gasteiger partial charge is 0.118 e. The quantitative estimate of drug-likeness (QED) is 0.393. The van der Waals surface area contributed by atoms with Gasteiger partial charge in [0.15, 0.2) is 0 Å². The van der Waals surface area contributed by atoms with E-state index < -0.39 is 0 Å². The first-order chi connectivity index (χ1) is 14.5. The van der Waals surface area contributed by atoms with Crippen molar-refractivity contribution in [1.29, 1.82) is 0 Å². The van der Waals surface area contributed by atoms with Crippen LogP contribution in [0.15, 0.2) is 69.5 Å². The molecule has 6 rings (SSSR count). The van der Waals surface area contributed by atoms with E-state index in [1.165, 1.54) is 64.3 Å². The standard InChI is InChI=1S/C28H23BrS/c1-15-12-25-24(14-26-27(28(25)29)16(2)17(3)30-26)22(15)13-23-20-10-6-4-8-18(20)19-9-5-7-11-21(19)23/h4-12,14,17,23H,13H2,1-3H3. The zero-order valence-corrected chi connectivity index (χ0v) is 19.8. The number of thioether (sulfide) groups is 1. The predicted molar refractivity (Wildman–Crippen MR) is 133 cm³/mol. The van der Waals surface area contributed by atoms with Crippen molar-refractivity contribution in [2.75, 3.05) is 0 Å². The molecule has 30 heavy (non-hydrogen) atoms. The van der Waals surface area contributed by atoms with Gasteiger partial charge in [-0.25, -0.2) is 0 Å². The fourth-order valence-electron chi connectivity index (χ4n) is 5.45. The second-order valence-electron chi connectivity index (χ2n) is 8.71. The van der Waals surface area contributed by atoms with Crippen molar-refractivity contribution in [3.8, 4) is 11.1 Å². The van der Waals surface area contributed by atoms with Crippen LogP contribution in [-0.4, -0.2) is 5.25 Å². The van der Waals surface area contributed by atoms with Gasteiger partial charge in [0.2, 0.25) is 0 Å². The molecule has 0 fully saturated rings. The number of halogens is 1. The van der Waals surface area contributed by atoms with Crippen molar-refractivity contribution in [2.45, 2.75) is 43.3 Å². The third-order valence-electron chi connectivity index (χ3n) is 7.11. The number of rotatable bonds is 2. The van der Waals surface area contributed by atoms with Gasteiger partial charge in [-0.05, 0) is 99.4 Å². The second-order valence-corrected chi connectivity index (χ2v) is 10.9. The molecule has 0 radical (unpaired) electrons. The zero-order valence-electron chi connectivity index (χ0n) is 17.4. The Morgan fingerprint density at radius 2 is 1.57 bits per heavy atom. The molecule has 0 bridgehead atoms. The summed E-state index contributed by atoms with van der Waals surface area (Å²) in [5.74, 6) is 0.425. The molecule has 0 amide bonds. The van der Waals surface area contributed by atoms with Crippen LogP contribution in [0.3, 0.4) is 0 Å². The van der Waals surface area contributed by atoms with Crippen LogP contribution < -0.4 is 10.4 Å². The molecule has 1 unspecified atom stereocenters. The first-order valence-corrected chi connectivity index (χ1v) is 12.3. The molecule has 2 aliphatic carbocycles. The van der Waals surface area contributed by atoms with Crippen molar-refractivity contribution >= 4 is 44.9 Å². The molecule has 1 heterocycles. The summed E-state index contributed by atoms with van der Waals surface area (Å²) in [4.78, 5) is 1.43. The number of hydrogen-bond donors (Lipinski definition) is 0. The molecule has 3 aromatic rings. The molecule has 0 saturated heterocycles. The lowest BCUT2D eigenvalue weighted by Crippen LogP contribution is -2.18. The van der Waals surface area contributed by atoms with Crippen LogP contribution in [0.4, 0.5) is 0 Å². The Balaban J connectivity index is 1.55. The van der Waals surface area contributed by atoms with E-state index in [1.807, 2.05) is 11.8 Å². The van der Waals surface area contributed by atoms with E-state index in [4.69, 9.17) is 0 Å². The molecule has 0 aromatic heterocycles. The molecule has 2 heteroatoms. The minimum Gasteiger partial charge on any atom is -0.118 e. The minimum atomic E-state index is 0.425. The third-order valence-corrected chi connectivity index (χ3v) is 9.22. The molecule has 0 saturated carbocycles. The molecule has 1 aliphatic heterocycles. The highest BCUT2D eigenvalue weighted by molar-refractivity contribution is 9.10. The van der Waals surface area contributed by atoms with Crippen molar-refractivity contribution in [3.63, 3.8) is 0 Å². The van der Waals surface area contributed by atoms with E-state index >= 15 is 0 Å². The van der Waals surface area contributed by atoms with Crippen molar-refractivity contribution in [2.24, 2.45) is 0 Å². The molecule has 1 atom stereocenters. The van der Waals surface area contributed by atoms with Gasteiger partial charge in [-0.1, -0.05) is 54.1 Å². The number of allylic oxidation sites excluding steroid dienone is 1. The normalized spacial score (nSPS) is 18.9. The summed E-state index contributed by atoms with van der Waals surface area (Å²) in [5, 5.41) is 3.41. The third kappa shape index (κ3) is 2.53. The predicted octanol–water partition coefficient (Wildman–Crippen LogP) is 6.88. The van der Waals surface area contributed by atoms with E-state index in [-0.39, 0.29) is 0 Å². The molecule has 0 spiro atoms. The SMILES string of the molecule is CC1=Cc2c(Br)c3c(cc2=C1CC1c2ccccc2-c2ccccc21)SC(C)C=3C. The van der Waals surface area contributed by atoms with Crippen LogP contribution >= 0.6 is 27.7 Å². The molecule has 0 nitrogen and oxygen atoms in total. The summed E-state index contributed by atoms with van der Waals surface area (Å²) >= 11 is 5.98. The fraction of sp³-hybridized carbons (Fsp3) is 0.214. The molecule has 0 N–H and O–H groups in total. The zero-order chi connectivity index (χ0) is 20.6. The average molecular weight is 471 g/mol. The number of fused-ring (bicyclic) bond motifs is 5. The highest BCUT2D eigenvalue weighted by Gasteiger charge is 2.31.